The van der Waals surface area contributed by atoms with E-state index >= 15 is 0 Å². The van der Waals surface area contributed by atoms with Crippen LogP contribution in [0.3, 0.4) is 0 Å². The van der Waals surface area contributed by atoms with E-state index in [1.165, 1.54) is 28.8 Å². The second-order valence-corrected chi connectivity index (χ2v) is 7.75. The molecule has 0 spiro atoms. The van der Waals surface area contributed by atoms with Gasteiger partial charge in [0.15, 0.2) is 0 Å². The molecule has 0 radical (unpaired) electrons. The van der Waals surface area contributed by atoms with E-state index < -0.39 is 0 Å². The van der Waals surface area contributed by atoms with Gasteiger partial charge in [0.05, 0.1) is 18.1 Å². The van der Waals surface area contributed by atoms with Gasteiger partial charge >= 0.3 is 0 Å². The molecule has 2 aromatic rings. The minimum absolute atomic E-state index is 0.279. The Morgan fingerprint density at radius 1 is 1.12 bits per heavy atom. The van der Waals surface area contributed by atoms with Crippen LogP contribution in [0.5, 0.6) is 0 Å². The molecule has 0 atom stereocenters. The zero-order chi connectivity index (χ0) is 17.7. The zero-order valence-corrected chi connectivity index (χ0v) is 15.1. The summed E-state index contributed by atoms with van der Waals surface area (Å²) in [4.78, 5) is 30.0. The predicted molar refractivity (Wildman–Crippen MR) is 97.6 cm³/mol. The number of nitrogens with zero attached hydrogens (tertiary/aromatic N) is 5. The van der Waals surface area contributed by atoms with Crippen molar-refractivity contribution in [3.63, 3.8) is 0 Å². The van der Waals surface area contributed by atoms with Crippen molar-refractivity contribution in [3.05, 3.63) is 46.8 Å². The fourth-order valence-electron chi connectivity index (χ4n) is 4.60. The molecular weight excluding hydrogens is 326 g/mol. The molecule has 0 bridgehead atoms. The SMILES string of the molecule is Cc1nc2c(c3c1CN(C(=O)CC1CN(c4cncnc4)C1)C3)CCC2. The monoisotopic (exact) mass is 349 g/mol. The van der Waals surface area contributed by atoms with Crippen LogP contribution < -0.4 is 4.90 Å². The molecule has 6 heteroatoms. The molecule has 3 aliphatic rings. The van der Waals surface area contributed by atoms with Gasteiger partial charge in [-0.15, -0.1) is 0 Å². The number of carbonyl (C=O) groups is 1. The minimum Gasteiger partial charge on any atom is -0.368 e. The first kappa shape index (κ1) is 15.7. The van der Waals surface area contributed by atoms with Crippen molar-refractivity contribution >= 4 is 11.6 Å². The summed E-state index contributed by atoms with van der Waals surface area (Å²) in [5.41, 5.74) is 7.57. The van der Waals surface area contributed by atoms with E-state index in [4.69, 9.17) is 4.98 Å². The van der Waals surface area contributed by atoms with Crippen LogP contribution >= 0.6 is 0 Å². The maximum Gasteiger partial charge on any atom is 0.223 e. The van der Waals surface area contributed by atoms with Crippen molar-refractivity contribution < 1.29 is 4.79 Å². The standard InChI is InChI=1S/C20H23N5O/c1-13-17-10-25(11-18(17)16-3-2-4-19(16)23-13)20(26)5-14-8-24(9-14)15-6-21-12-22-7-15/h6-7,12,14H,2-5,8-11H2,1H3. The smallest absolute Gasteiger partial charge is 0.223 e. The summed E-state index contributed by atoms with van der Waals surface area (Å²) in [6.45, 7) is 5.44. The molecule has 2 aromatic heterocycles. The highest BCUT2D eigenvalue weighted by Crippen LogP contribution is 2.35. The van der Waals surface area contributed by atoms with Crippen LogP contribution in [0.25, 0.3) is 0 Å². The largest absolute Gasteiger partial charge is 0.368 e. The fraction of sp³-hybridized carbons (Fsp3) is 0.500. The number of carbonyl (C=O) groups excluding carboxylic acids is 1. The molecular formula is C20H23N5O. The maximum atomic E-state index is 12.8. The van der Waals surface area contributed by atoms with Gasteiger partial charge in [0, 0.05) is 49.9 Å². The van der Waals surface area contributed by atoms with Crippen LogP contribution in [-0.4, -0.2) is 38.8 Å². The van der Waals surface area contributed by atoms with Crippen molar-refractivity contribution in [3.8, 4) is 0 Å². The Kier molecular flexibility index (Phi) is 3.65. The van der Waals surface area contributed by atoms with Gasteiger partial charge in [-0.05, 0) is 42.9 Å². The molecule has 134 valence electrons. The number of hydrogen-bond acceptors (Lipinski definition) is 5. The number of pyridine rings is 1. The fourth-order valence-corrected chi connectivity index (χ4v) is 4.60. The van der Waals surface area contributed by atoms with Gasteiger partial charge in [-0.2, -0.15) is 0 Å². The van der Waals surface area contributed by atoms with Gasteiger partial charge in [0.1, 0.15) is 6.33 Å². The Hall–Kier alpha value is -2.50. The van der Waals surface area contributed by atoms with Crippen LogP contribution in [0.2, 0.25) is 0 Å². The molecule has 26 heavy (non-hydrogen) atoms. The van der Waals surface area contributed by atoms with E-state index in [-0.39, 0.29) is 5.91 Å². The van der Waals surface area contributed by atoms with Crippen molar-refractivity contribution in [2.45, 2.75) is 45.7 Å². The molecule has 0 N–H and O–H groups in total. The van der Waals surface area contributed by atoms with E-state index in [9.17, 15) is 4.79 Å². The summed E-state index contributed by atoms with van der Waals surface area (Å²) in [6, 6.07) is 0. The molecule has 1 fully saturated rings. The van der Waals surface area contributed by atoms with Crippen LogP contribution in [0.4, 0.5) is 5.69 Å². The number of anilines is 1. The second-order valence-electron chi connectivity index (χ2n) is 7.75. The lowest BCUT2D eigenvalue weighted by molar-refractivity contribution is -0.133. The van der Waals surface area contributed by atoms with E-state index in [1.54, 1.807) is 6.33 Å². The average Bonchev–Trinajstić information content (AvgIpc) is 3.25. The molecule has 1 amide bonds. The summed E-state index contributed by atoms with van der Waals surface area (Å²) in [5, 5.41) is 0. The van der Waals surface area contributed by atoms with E-state index in [2.05, 4.69) is 21.8 Å². The number of fused-ring (bicyclic) bond motifs is 3. The summed E-state index contributed by atoms with van der Waals surface area (Å²) in [5.74, 6) is 0.706. The number of aryl methyl sites for hydroxylation is 2. The normalized spacial score (nSPS) is 18.7. The second kappa shape index (κ2) is 6.04. The summed E-state index contributed by atoms with van der Waals surface area (Å²) in [7, 11) is 0. The molecule has 0 aromatic carbocycles. The zero-order valence-electron chi connectivity index (χ0n) is 15.1. The topological polar surface area (TPSA) is 62.2 Å². The molecule has 4 heterocycles. The Bertz CT molecular complexity index is 860. The van der Waals surface area contributed by atoms with Crippen LogP contribution in [0, 0.1) is 12.8 Å². The van der Waals surface area contributed by atoms with E-state index in [0.717, 1.165) is 50.4 Å². The van der Waals surface area contributed by atoms with Crippen molar-refractivity contribution in [2.24, 2.45) is 5.92 Å². The van der Waals surface area contributed by atoms with Gasteiger partial charge < -0.3 is 9.80 Å². The van der Waals surface area contributed by atoms with Gasteiger partial charge in [0.2, 0.25) is 5.91 Å². The molecule has 1 aliphatic carbocycles. The first-order chi connectivity index (χ1) is 12.7. The van der Waals surface area contributed by atoms with Crippen molar-refractivity contribution in [2.75, 3.05) is 18.0 Å². The Morgan fingerprint density at radius 2 is 1.88 bits per heavy atom. The first-order valence-electron chi connectivity index (χ1n) is 9.47. The lowest BCUT2D eigenvalue weighted by atomic mass is 9.95. The van der Waals surface area contributed by atoms with Crippen LogP contribution in [-0.2, 0) is 30.7 Å². The van der Waals surface area contributed by atoms with Crippen molar-refractivity contribution in [1.29, 1.82) is 0 Å². The third kappa shape index (κ3) is 2.55. The average molecular weight is 349 g/mol. The maximum absolute atomic E-state index is 12.8. The third-order valence-corrected chi connectivity index (χ3v) is 6.04. The van der Waals surface area contributed by atoms with Gasteiger partial charge in [-0.3, -0.25) is 9.78 Å². The molecule has 2 aliphatic heterocycles. The first-order valence-corrected chi connectivity index (χ1v) is 9.47. The van der Waals surface area contributed by atoms with Gasteiger partial charge in [-0.25, -0.2) is 9.97 Å². The van der Waals surface area contributed by atoms with E-state index in [1.807, 2.05) is 17.3 Å². The lowest BCUT2D eigenvalue weighted by Gasteiger charge is -2.40. The minimum atomic E-state index is 0.279. The van der Waals surface area contributed by atoms with Gasteiger partial charge in [0.25, 0.3) is 0 Å². The Balaban J connectivity index is 1.22. The summed E-state index contributed by atoms with van der Waals surface area (Å²) in [6.07, 6.45) is 9.27. The van der Waals surface area contributed by atoms with E-state index in [0.29, 0.717) is 12.3 Å². The highest BCUT2D eigenvalue weighted by Gasteiger charge is 2.34. The molecule has 6 nitrogen and oxygen atoms in total. The molecule has 0 unspecified atom stereocenters. The Morgan fingerprint density at radius 3 is 2.69 bits per heavy atom. The van der Waals surface area contributed by atoms with Crippen LogP contribution in [0.1, 0.15) is 40.9 Å². The molecule has 5 rings (SSSR count). The number of amides is 1. The number of rotatable bonds is 3. The number of hydrogen-bond donors (Lipinski definition) is 0. The highest BCUT2D eigenvalue weighted by molar-refractivity contribution is 5.78. The molecule has 0 saturated carbocycles. The van der Waals surface area contributed by atoms with Crippen molar-refractivity contribution in [1.82, 2.24) is 19.9 Å². The predicted octanol–water partition coefficient (Wildman–Crippen LogP) is 2.04. The Labute approximate surface area is 153 Å². The molecule has 1 saturated heterocycles. The highest BCUT2D eigenvalue weighted by atomic mass is 16.2. The summed E-state index contributed by atoms with van der Waals surface area (Å²) >= 11 is 0. The lowest BCUT2D eigenvalue weighted by Crippen LogP contribution is -2.48. The quantitative estimate of drug-likeness (QED) is 0.849. The van der Waals surface area contributed by atoms with Gasteiger partial charge in [-0.1, -0.05) is 0 Å². The number of aromatic nitrogens is 3. The summed E-state index contributed by atoms with van der Waals surface area (Å²) < 4.78 is 0. The van der Waals surface area contributed by atoms with Crippen LogP contribution in [0.15, 0.2) is 18.7 Å². The third-order valence-electron chi connectivity index (χ3n) is 6.04.